The van der Waals surface area contributed by atoms with Crippen LogP contribution < -0.4 is 16.4 Å². The minimum Gasteiger partial charge on any atom is -0.444 e. The molecule has 0 aliphatic heterocycles. The van der Waals surface area contributed by atoms with Crippen molar-refractivity contribution < 1.29 is 23.9 Å². The number of amides is 4. The van der Waals surface area contributed by atoms with E-state index in [0.717, 1.165) is 54.4 Å². The van der Waals surface area contributed by atoms with E-state index in [-0.39, 0.29) is 12.5 Å². The van der Waals surface area contributed by atoms with Crippen molar-refractivity contribution in [3.05, 3.63) is 64.2 Å². The van der Waals surface area contributed by atoms with Gasteiger partial charge in [0, 0.05) is 12.2 Å². The molecule has 2 aromatic rings. The minimum absolute atomic E-state index is 0.244. The summed E-state index contributed by atoms with van der Waals surface area (Å²) < 4.78 is 5.39. The van der Waals surface area contributed by atoms with Gasteiger partial charge < -0.3 is 26.0 Å². The molecule has 0 bridgehead atoms. The maximum absolute atomic E-state index is 14.4. The van der Waals surface area contributed by atoms with Crippen LogP contribution in [0.1, 0.15) is 106 Å². The highest BCUT2D eigenvalue weighted by molar-refractivity contribution is 6.00. The summed E-state index contributed by atoms with van der Waals surface area (Å²) in [6, 6.07) is 9.16. The summed E-state index contributed by atoms with van der Waals surface area (Å²) in [5, 5.41) is 5.64. The molecule has 44 heavy (non-hydrogen) atoms. The standard InChI is InChI=1S/C35H52N4O5/c1-9-10-11-12-13-14-20-39(33(42)28(22-29(36)40)37-34(43)44-35(6,7)8)31(27-19-18-23(2)21-26(27)5)32(41)38-30-24(3)16-15-17-25(30)4/h15-19,21,28,31H,9-14,20,22H2,1-8H3,(H2,36,40)(H,37,43)(H,38,41). The van der Waals surface area contributed by atoms with Gasteiger partial charge >= 0.3 is 6.09 Å². The Balaban J connectivity index is 2.61. The Hall–Kier alpha value is -3.88. The Kier molecular flexibility index (Phi) is 13.9. The van der Waals surface area contributed by atoms with Gasteiger partial charge in [-0.25, -0.2) is 4.79 Å². The maximum Gasteiger partial charge on any atom is 0.408 e. The second-order valence-electron chi connectivity index (χ2n) is 12.7. The van der Waals surface area contributed by atoms with Crippen molar-refractivity contribution in [3.8, 4) is 0 Å². The topological polar surface area (TPSA) is 131 Å². The minimum atomic E-state index is -1.32. The van der Waals surface area contributed by atoms with Crippen LogP contribution in [0, 0.1) is 27.7 Å². The number of nitrogens with one attached hydrogen (secondary N) is 2. The van der Waals surface area contributed by atoms with E-state index in [9.17, 15) is 19.2 Å². The van der Waals surface area contributed by atoms with E-state index in [1.165, 1.54) is 4.90 Å². The molecule has 0 saturated carbocycles. The highest BCUT2D eigenvalue weighted by atomic mass is 16.6. The van der Waals surface area contributed by atoms with Crippen LogP contribution in [0.3, 0.4) is 0 Å². The SMILES string of the molecule is CCCCCCCCN(C(=O)C(CC(N)=O)NC(=O)OC(C)(C)C)C(C(=O)Nc1c(C)cccc1C)c1ccc(C)cc1C. The van der Waals surface area contributed by atoms with Crippen LogP contribution >= 0.6 is 0 Å². The largest absolute Gasteiger partial charge is 0.444 e. The molecule has 9 heteroatoms. The van der Waals surface area contributed by atoms with Gasteiger partial charge in [-0.1, -0.05) is 81.0 Å². The van der Waals surface area contributed by atoms with Crippen molar-refractivity contribution in [1.82, 2.24) is 10.2 Å². The first-order valence-electron chi connectivity index (χ1n) is 15.7. The molecule has 0 aliphatic carbocycles. The number of rotatable bonds is 15. The molecule has 0 radical (unpaired) electrons. The van der Waals surface area contributed by atoms with Gasteiger partial charge in [-0.3, -0.25) is 14.4 Å². The highest BCUT2D eigenvalue weighted by Crippen LogP contribution is 2.30. The van der Waals surface area contributed by atoms with Crippen LogP contribution in [0.4, 0.5) is 10.5 Å². The Morgan fingerprint density at radius 1 is 0.886 bits per heavy atom. The molecule has 0 heterocycles. The lowest BCUT2D eigenvalue weighted by Gasteiger charge is -2.35. The number of nitrogens with zero attached hydrogens (tertiary/aromatic N) is 1. The molecule has 242 valence electrons. The zero-order valence-electron chi connectivity index (χ0n) is 27.8. The fraction of sp³-hybridized carbons (Fsp3) is 0.543. The van der Waals surface area contributed by atoms with Crippen LogP contribution in [0.5, 0.6) is 0 Å². The summed E-state index contributed by atoms with van der Waals surface area (Å²) in [4.78, 5) is 55.1. The van der Waals surface area contributed by atoms with Gasteiger partial charge in [0.05, 0.1) is 6.42 Å². The first kappa shape index (κ1) is 36.3. The summed E-state index contributed by atoms with van der Waals surface area (Å²) in [5.41, 5.74) is 9.72. The summed E-state index contributed by atoms with van der Waals surface area (Å²) in [7, 11) is 0. The number of anilines is 1. The summed E-state index contributed by atoms with van der Waals surface area (Å²) >= 11 is 0. The van der Waals surface area contributed by atoms with Crippen LogP contribution in [-0.2, 0) is 19.1 Å². The van der Waals surface area contributed by atoms with Gasteiger partial charge in [-0.15, -0.1) is 0 Å². The third kappa shape index (κ3) is 11.3. The number of benzene rings is 2. The second kappa shape index (κ2) is 16.8. The van der Waals surface area contributed by atoms with E-state index in [2.05, 4.69) is 17.6 Å². The van der Waals surface area contributed by atoms with Crippen LogP contribution in [0.2, 0.25) is 0 Å². The molecule has 0 aromatic heterocycles. The number of para-hydroxylation sites is 1. The number of ether oxygens (including phenoxy) is 1. The Labute approximate surface area is 263 Å². The quantitative estimate of drug-likeness (QED) is 0.197. The predicted molar refractivity (Wildman–Crippen MR) is 175 cm³/mol. The second-order valence-corrected chi connectivity index (χ2v) is 12.7. The Morgan fingerprint density at radius 2 is 1.50 bits per heavy atom. The third-order valence-corrected chi connectivity index (χ3v) is 7.44. The number of primary amides is 1. The number of hydrogen-bond acceptors (Lipinski definition) is 5. The van der Waals surface area contributed by atoms with Gasteiger partial charge in [-0.2, -0.15) is 0 Å². The van der Waals surface area contributed by atoms with Crippen molar-refractivity contribution in [2.45, 2.75) is 118 Å². The van der Waals surface area contributed by atoms with Gasteiger partial charge in [0.2, 0.25) is 11.8 Å². The fourth-order valence-corrected chi connectivity index (χ4v) is 5.27. The first-order chi connectivity index (χ1) is 20.6. The first-order valence-corrected chi connectivity index (χ1v) is 15.7. The number of unbranched alkanes of at least 4 members (excludes halogenated alkanes) is 5. The lowest BCUT2D eigenvalue weighted by molar-refractivity contribution is -0.142. The van der Waals surface area contributed by atoms with E-state index in [1.807, 2.05) is 64.1 Å². The molecular weight excluding hydrogens is 556 g/mol. The van der Waals surface area contributed by atoms with Gasteiger partial charge in [0.25, 0.3) is 5.91 Å². The molecule has 2 aromatic carbocycles. The smallest absolute Gasteiger partial charge is 0.408 e. The molecule has 0 saturated heterocycles. The van der Waals surface area contributed by atoms with Crippen molar-refractivity contribution in [3.63, 3.8) is 0 Å². The van der Waals surface area contributed by atoms with E-state index in [4.69, 9.17) is 10.5 Å². The monoisotopic (exact) mass is 608 g/mol. The molecule has 2 atom stereocenters. The zero-order valence-corrected chi connectivity index (χ0v) is 27.8. The molecule has 0 spiro atoms. The van der Waals surface area contributed by atoms with Crippen molar-refractivity contribution in [2.75, 3.05) is 11.9 Å². The Bertz CT molecular complexity index is 1280. The molecule has 4 amide bonds. The van der Waals surface area contributed by atoms with Gasteiger partial charge in [0.1, 0.15) is 17.7 Å². The number of alkyl carbamates (subject to hydrolysis) is 1. The average molecular weight is 609 g/mol. The van der Waals surface area contributed by atoms with E-state index in [0.29, 0.717) is 17.7 Å². The highest BCUT2D eigenvalue weighted by Gasteiger charge is 2.37. The number of hydrogen-bond donors (Lipinski definition) is 3. The van der Waals surface area contributed by atoms with Crippen LogP contribution in [-0.4, -0.2) is 46.9 Å². The van der Waals surface area contributed by atoms with E-state index >= 15 is 0 Å². The third-order valence-electron chi connectivity index (χ3n) is 7.44. The molecule has 2 unspecified atom stereocenters. The number of carbonyl (C=O) groups excluding carboxylic acids is 4. The van der Waals surface area contributed by atoms with Crippen LogP contribution in [0.25, 0.3) is 0 Å². The van der Waals surface area contributed by atoms with Crippen molar-refractivity contribution in [2.24, 2.45) is 5.73 Å². The average Bonchev–Trinajstić information content (AvgIpc) is 2.90. The van der Waals surface area contributed by atoms with Crippen molar-refractivity contribution in [1.29, 1.82) is 0 Å². The summed E-state index contributed by atoms with van der Waals surface area (Å²) in [6.45, 7) is 15.2. The Morgan fingerprint density at radius 3 is 2.07 bits per heavy atom. The lowest BCUT2D eigenvalue weighted by atomic mass is 9.95. The van der Waals surface area contributed by atoms with Gasteiger partial charge in [-0.05, 0) is 77.1 Å². The van der Waals surface area contributed by atoms with E-state index in [1.54, 1.807) is 20.8 Å². The van der Waals surface area contributed by atoms with Gasteiger partial charge in [0.15, 0.2) is 0 Å². The summed E-state index contributed by atoms with van der Waals surface area (Å²) in [6.07, 6.45) is 4.55. The van der Waals surface area contributed by atoms with Crippen molar-refractivity contribution >= 4 is 29.5 Å². The molecule has 0 fully saturated rings. The predicted octanol–water partition coefficient (Wildman–Crippen LogP) is 6.56. The molecule has 9 nitrogen and oxygen atoms in total. The molecular formula is C35H52N4O5. The maximum atomic E-state index is 14.4. The molecule has 0 aliphatic rings. The van der Waals surface area contributed by atoms with Crippen LogP contribution in [0.15, 0.2) is 36.4 Å². The number of nitrogens with two attached hydrogens (primary N) is 1. The normalized spacial score (nSPS) is 12.6. The number of aryl methyl sites for hydroxylation is 4. The lowest BCUT2D eigenvalue weighted by Crippen LogP contribution is -2.53. The fourth-order valence-electron chi connectivity index (χ4n) is 5.27. The molecule has 4 N–H and O–H groups in total. The number of carbonyl (C=O) groups is 4. The zero-order chi connectivity index (χ0) is 33.0. The van der Waals surface area contributed by atoms with E-state index < -0.39 is 42.0 Å². The molecule has 2 rings (SSSR count). The summed E-state index contributed by atoms with van der Waals surface area (Å²) in [5.74, 6) is -1.73.